The minimum atomic E-state index is -1.44. The molecule has 164 valence electrons. The van der Waals surface area contributed by atoms with Gasteiger partial charge in [0.1, 0.15) is 12.1 Å². The second-order valence-corrected chi connectivity index (χ2v) is 6.62. The van der Waals surface area contributed by atoms with Gasteiger partial charge in [-0.15, -0.1) is 0 Å². The Kier molecular flexibility index (Phi) is 10.9. The zero-order chi connectivity index (χ0) is 22.7. The van der Waals surface area contributed by atoms with Crippen molar-refractivity contribution in [3.63, 3.8) is 0 Å². The van der Waals surface area contributed by atoms with E-state index in [1.54, 1.807) is 13.8 Å². The third kappa shape index (κ3) is 10.6. The van der Waals surface area contributed by atoms with Gasteiger partial charge in [-0.1, -0.05) is 13.8 Å². The maximum atomic E-state index is 12.4. The Morgan fingerprint density at radius 2 is 1.55 bits per heavy atom. The summed E-state index contributed by atoms with van der Waals surface area (Å²) in [5.41, 5.74) is 10.4. The van der Waals surface area contributed by atoms with E-state index >= 15 is 0 Å². The fourth-order valence-corrected chi connectivity index (χ4v) is 2.15. The van der Waals surface area contributed by atoms with Gasteiger partial charge in [-0.25, -0.2) is 4.79 Å². The Hall–Kier alpha value is -3.22. The molecule has 0 aromatic carbocycles. The van der Waals surface area contributed by atoms with E-state index in [0.717, 1.165) is 0 Å². The normalized spacial score (nSPS) is 13.7. The molecule has 0 saturated carbocycles. The Labute approximate surface area is 166 Å². The van der Waals surface area contributed by atoms with Gasteiger partial charge in [-0.2, -0.15) is 0 Å². The van der Waals surface area contributed by atoms with Gasteiger partial charge >= 0.3 is 11.9 Å². The van der Waals surface area contributed by atoms with Crippen LogP contribution in [-0.2, 0) is 28.8 Å². The van der Waals surface area contributed by atoms with Gasteiger partial charge in [0.2, 0.25) is 23.6 Å². The van der Waals surface area contributed by atoms with Crippen molar-refractivity contribution in [2.45, 2.75) is 51.2 Å². The average Bonchev–Trinajstić information content (AvgIpc) is 2.59. The first-order valence-corrected chi connectivity index (χ1v) is 8.71. The van der Waals surface area contributed by atoms with Crippen LogP contribution < -0.4 is 27.4 Å². The monoisotopic (exact) mass is 417 g/mol. The van der Waals surface area contributed by atoms with Crippen molar-refractivity contribution >= 4 is 35.6 Å². The summed E-state index contributed by atoms with van der Waals surface area (Å²) in [5.74, 6) is -6.22. The van der Waals surface area contributed by atoms with E-state index in [1.165, 1.54) is 0 Å². The molecule has 0 aromatic rings. The Morgan fingerprint density at radius 1 is 0.966 bits per heavy atom. The van der Waals surface area contributed by atoms with Gasteiger partial charge in [0.05, 0.1) is 19.0 Å². The molecule has 3 atom stereocenters. The largest absolute Gasteiger partial charge is 0.481 e. The highest BCUT2D eigenvalue weighted by Gasteiger charge is 2.29. The van der Waals surface area contributed by atoms with Gasteiger partial charge in [-0.05, 0) is 12.3 Å². The minimum Gasteiger partial charge on any atom is -0.481 e. The van der Waals surface area contributed by atoms with Crippen LogP contribution in [-0.4, -0.2) is 70.5 Å². The number of carboxylic acids is 2. The molecule has 0 aliphatic carbocycles. The van der Waals surface area contributed by atoms with E-state index in [-0.39, 0.29) is 6.42 Å². The SMILES string of the molecule is CC(C)C(NC(=O)CNC(=O)C(N)CC(N)=O)C(=O)NC(CCC(=O)O)C(=O)O. The number of nitrogens with one attached hydrogen (secondary N) is 3. The molecular weight excluding hydrogens is 390 g/mol. The fraction of sp³-hybridized carbons (Fsp3) is 0.625. The number of hydrogen-bond acceptors (Lipinski definition) is 7. The highest BCUT2D eigenvalue weighted by atomic mass is 16.4. The smallest absolute Gasteiger partial charge is 0.326 e. The molecule has 0 heterocycles. The van der Waals surface area contributed by atoms with E-state index in [1.807, 2.05) is 0 Å². The summed E-state index contributed by atoms with van der Waals surface area (Å²) in [6, 6.07) is -3.80. The molecule has 0 rings (SSSR count). The minimum absolute atomic E-state index is 0.330. The lowest BCUT2D eigenvalue weighted by molar-refractivity contribution is -0.143. The van der Waals surface area contributed by atoms with Crippen LogP contribution in [0.25, 0.3) is 0 Å². The van der Waals surface area contributed by atoms with Crippen molar-refractivity contribution in [1.82, 2.24) is 16.0 Å². The standard InChI is InChI=1S/C16H27N5O8/c1-7(2)13(15(27)20-9(16(28)29)3-4-12(24)25)21-11(23)6-19-14(26)8(17)5-10(18)22/h7-9,13H,3-6,17H2,1-2H3,(H2,18,22)(H,19,26)(H,20,27)(H,21,23)(H,24,25)(H,28,29). The van der Waals surface area contributed by atoms with Gasteiger partial charge in [-0.3, -0.25) is 24.0 Å². The van der Waals surface area contributed by atoms with Crippen molar-refractivity contribution in [3.8, 4) is 0 Å². The Morgan fingerprint density at radius 3 is 2.00 bits per heavy atom. The van der Waals surface area contributed by atoms with Crippen LogP contribution in [0.4, 0.5) is 0 Å². The van der Waals surface area contributed by atoms with Crippen molar-refractivity contribution in [2.75, 3.05) is 6.54 Å². The predicted octanol–water partition coefficient (Wildman–Crippen LogP) is -3.12. The molecule has 0 bridgehead atoms. The number of aliphatic carboxylic acids is 2. The first-order valence-electron chi connectivity index (χ1n) is 8.71. The van der Waals surface area contributed by atoms with Crippen LogP contribution in [0.15, 0.2) is 0 Å². The van der Waals surface area contributed by atoms with Crippen molar-refractivity contribution in [2.24, 2.45) is 17.4 Å². The van der Waals surface area contributed by atoms with Crippen LogP contribution in [0, 0.1) is 5.92 Å². The van der Waals surface area contributed by atoms with Crippen molar-refractivity contribution < 1.29 is 39.0 Å². The van der Waals surface area contributed by atoms with E-state index in [2.05, 4.69) is 16.0 Å². The number of carbonyl (C=O) groups excluding carboxylic acids is 4. The molecule has 4 amide bonds. The third-order valence-corrected chi connectivity index (χ3v) is 3.71. The molecule has 9 N–H and O–H groups in total. The van der Waals surface area contributed by atoms with Crippen LogP contribution in [0.3, 0.4) is 0 Å². The Balaban J connectivity index is 4.83. The lowest BCUT2D eigenvalue weighted by Crippen LogP contribution is -2.55. The predicted molar refractivity (Wildman–Crippen MR) is 98.0 cm³/mol. The second-order valence-electron chi connectivity index (χ2n) is 6.62. The van der Waals surface area contributed by atoms with Crippen molar-refractivity contribution in [3.05, 3.63) is 0 Å². The number of nitrogens with two attached hydrogens (primary N) is 2. The van der Waals surface area contributed by atoms with E-state index < -0.39 is 79.0 Å². The Bertz CT molecular complexity index is 651. The molecule has 13 nitrogen and oxygen atoms in total. The number of carbonyl (C=O) groups is 6. The lowest BCUT2D eigenvalue weighted by Gasteiger charge is -2.24. The van der Waals surface area contributed by atoms with Gasteiger partial charge in [0.25, 0.3) is 0 Å². The maximum absolute atomic E-state index is 12.4. The highest BCUT2D eigenvalue weighted by Crippen LogP contribution is 2.05. The summed E-state index contributed by atoms with van der Waals surface area (Å²) in [6.07, 6.45) is -1.20. The third-order valence-electron chi connectivity index (χ3n) is 3.71. The summed E-state index contributed by atoms with van der Waals surface area (Å²) < 4.78 is 0. The summed E-state index contributed by atoms with van der Waals surface area (Å²) in [4.78, 5) is 68.6. The number of carboxylic acid groups (broad SMARTS) is 2. The lowest BCUT2D eigenvalue weighted by atomic mass is 10.0. The summed E-state index contributed by atoms with van der Waals surface area (Å²) in [5, 5.41) is 24.5. The second kappa shape index (κ2) is 12.3. The van der Waals surface area contributed by atoms with Crippen LogP contribution >= 0.6 is 0 Å². The molecule has 0 saturated heterocycles. The molecule has 0 spiro atoms. The molecule has 29 heavy (non-hydrogen) atoms. The zero-order valence-electron chi connectivity index (χ0n) is 16.1. The van der Waals surface area contributed by atoms with Gasteiger partial charge < -0.3 is 37.6 Å². The molecule has 0 aliphatic heterocycles. The molecular formula is C16H27N5O8. The fourth-order valence-electron chi connectivity index (χ4n) is 2.15. The quantitative estimate of drug-likeness (QED) is 0.160. The molecule has 3 unspecified atom stereocenters. The topological polar surface area (TPSA) is 231 Å². The average molecular weight is 417 g/mol. The number of primary amides is 1. The van der Waals surface area contributed by atoms with E-state index in [4.69, 9.17) is 21.7 Å². The van der Waals surface area contributed by atoms with Crippen LogP contribution in [0.5, 0.6) is 0 Å². The highest BCUT2D eigenvalue weighted by molar-refractivity contribution is 5.93. The number of rotatable bonds is 13. The van der Waals surface area contributed by atoms with Gasteiger partial charge in [0.15, 0.2) is 0 Å². The van der Waals surface area contributed by atoms with E-state index in [9.17, 15) is 28.8 Å². The molecule has 0 fully saturated rings. The molecule has 0 aromatic heterocycles. The van der Waals surface area contributed by atoms with Crippen LogP contribution in [0.1, 0.15) is 33.1 Å². The van der Waals surface area contributed by atoms with Crippen LogP contribution in [0.2, 0.25) is 0 Å². The molecule has 13 heteroatoms. The first-order chi connectivity index (χ1) is 13.3. The summed E-state index contributed by atoms with van der Waals surface area (Å²) >= 11 is 0. The number of hydrogen-bond donors (Lipinski definition) is 7. The summed E-state index contributed by atoms with van der Waals surface area (Å²) in [7, 11) is 0. The maximum Gasteiger partial charge on any atom is 0.326 e. The molecule has 0 radical (unpaired) electrons. The summed E-state index contributed by atoms with van der Waals surface area (Å²) in [6.45, 7) is 2.65. The molecule has 0 aliphatic rings. The van der Waals surface area contributed by atoms with Crippen molar-refractivity contribution in [1.29, 1.82) is 0 Å². The van der Waals surface area contributed by atoms with Gasteiger partial charge in [0, 0.05) is 6.42 Å². The van der Waals surface area contributed by atoms with E-state index in [0.29, 0.717) is 0 Å². The number of amides is 4. The zero-order valence-corrected chi connectivity index (χ0v) is 16.1. The first kappa shape index (κ1) is 25.8.